The van der Waals surface area contributed by atoms with Crippen LogP contribution < -0.4 is 5.73 Å². The summed E-state index contributed by atoms with van der Waals surface area (Å²) in [5.41, 5.74) is 9.48. The Morgan fingerprint density at radius 1 is 1.24 bits per heavy atom. The zero-order chi connectivity index (χ0) is 15.9. The lowest BCUT2D eigenvalue weighted by molar-refractivity contribution is 0.382. The van der Waals surface area contributed by atoms with Crippen LogP contribution in [0.5, 0.6) is 0 Å². The van der Waals surface area contributed by atoms with E-state index >= 15 is 0 Å². The molecule has 0 fully saturated rings. The summed E-state index contributed by atoms with van der Waals surface area (Å²) < 4.78 is 3.26. The van der Waals surface area contributed by atoms with E-state index in [1.165, 1.54) is 5.56 Å². The minimum Gasteiger partial charge on any atom is -0.383 e. The van der Waals surface area contributed by atoms with Crippen molar-refractivity contribution in [3.8, 4) is 11.3 Å². The summed E-state index contributed by atoms with van der Waals surface area (Å²) in [6.45, 7) is 12.9. The molecule has 0 aliphatic heterocycles. The second kappa shape index (κ2) is 5.48. The van der Waals surface area contributed by atoms with Gasteiger partial charge in [0.25, 0.3) is 0 Å². The highest BCUT2D eigenvalue weighted by atomic mass is 79.9. The molecule has 0 bridgehead atoms. The maximum Gasteiger partial charge on any atom is 0.132 e. The van der Waals surface area contributed by atoms with Gasteiger partial charge in [0.15, 0.2) is 0 Å². The molecule has 2 rings (SSSR count). The Labute approximate surface area is 135 Å². The fraction of sp³-hybridized carbons (Fsp3) is 0.471. The van der Waals surface area contributed by atoms with Crippen molar-refractivity contribution in [2.45, 2.75) is 53.0 Å². The predicted octanol–water partition coefficient (Wildman–Crippen LogP) is 5.08. The smallest absolute Gasteiger partial charge is 0.132 e. The molecule has 3 nitrogen and oxygen atoms in total. The van der Waals surface area contributed by atoms with Crippen molar-refractivity contribution in [1.29, 1.82) is 0 Å². The summed E-state index contributed by atoms with van der Waals surface area (Å²) in [5, 5.41) is 0. The van der Waals surface area contributed by atoms with E-state index in [4.69, 9.17) is 10.7 Å². The summed E-state index contributed by atoms with van der Waals surface area (Å²) in [6, 6.07) is 6.24. The number of nitrogens with two attached hydrogens (primary N) is 1. The molecule has 1 aromatic heterocycles. The Bertz CT molecular complexity index is 663. The molecule has 0 saturated heterocycles. The average molecular weight is 350 g/mol. The number of nitrogen functional groups attached to an aromatic ring is 1. The van der Waals surface area contributed by atoms with Gasteiger partial charge in [-0.2, -0.15) is 0 Å². The SMILES string of the molecule is Cc1cc(-c2nc(C(C)C)n(C(C)(C)C)c2N)ccc1Br. The monoisotopic (exact) mass is 349 g/mol. The second-order valence-corrected chi connectivity index (χ2v) is 7.68. The molecule has 0 atom stereocenters. The second-order valence-electron chi connectivity index (χ2n) is 6.83. The van der Waals surface area contributed by atoms with Crippen LogP contribution in [0.4, 0.5) is 5.82 Å². The summed E-state index contributed by atoms with van der Waals surface area (Å²) in [6.07, 6.45) is 0. The van der Waals surface area contributed by atoms with E-state index in [0.717, 1.165) is 27.4 Å². The van der Waals surface area contributed by atoms with Crippen molar-refractivity contribution >= 4 is 21.7 Å². The maximum absolute atomic E-state index is 6.44. The molecule has 0 aliphatic rings. The van der Waals surface area contributed by atoms with Gasteiger partial charge in [-0.15, -0.1) is 0 Å². The molecular weight excluding hydrogens is 326 g/mol. The molecule has 2 aromatic rings. The number of halogens is 1. The van der Waals surface area contributed by atoms with Crippen LogP contribution >= 0.6 is 15.9 Å². The van der Waals surface area contributed by atoms with Crippen LogP contribution in [-0.2, 0) is 5.54 Å². The van der Waals surface area contributed by atoms with Crippen molar-refractivity contribution in [2.75, 3.05) is 5.73 Å². The Morgan fingerprint density at radius 2 is 1.86 bits per heavy atom. The van der Waals surface area contributed by atoms with E-state index in [0.29, 0.717) is 5.92 Å². The lowest BCUT2D eigenvalue weighted by Gasteiger charge is -2.26. The average Bonchev–Trinajstić information content (AvgIpc) is 2.70. The van der Waals surface area contributed by atoms with Crippen LogP contribution in [0.25, 0.3) is 11.3 Å². The molecule has 114 valence electrons. The van der Waals surface area contributed by atoms with Gasteiger partial charge >= 0.3 is 0 Å². The van der Waals surface area contributed by atoms with E-state index in [2.05, 4.69) is 80.2 Å². The third-order valence-corrected chi connectivity index (χ3v) is 4.45. The molecule has 0 spiro atoms. The molecule has 0 saturated carbocycles. The predicted molar refractivity (Wildman–Crippen MR) is 93.6 cm³/mol. The van der Waals surface area contributed by atoms with Gasteiger partial charge in [-0.3, -0.25) is 0 Å². The zero-order valence-electron chi connectivity index (χ0n) is 13.7. The Balaban J connectivity index is 2.68. The van der Waals surface area contributed by atoms with Crippen LogP contribution in [0, 0.1) is 6.92 Å². The van der Waals surface area contributed by atoms with Crippen molar-refractivity contribution < 1.29 is 0 Å². The summed E-state index contributed by atoms with van der Waals surface area (Å²) >= 11 is 3.54. The van der Waals surface area contributed by atoms with Gasteiger partial charge in [0, 0.05) is 21.5 Å². The molecule has 0 unspecified atom stereocenters. The molecule has 0 aliphatic carbocycles. The number of benzene rings is 1. The molecule has 21 heavy (non-hydrogen) atoms. The van der Waals surface area contributed by atoms with Crippen LogP contribution in [-0.4, -0.2) is 9.55 Å². The number of nitrogens with zero attached hydrogens (tertiary/aromatic N) is 2. The van der Waals surface area contributed by atoms with Gasteiger partial charge < -0.3 is 10.3 Å². The molecule has 4 heteroatoms. The third kappa shape index (κ3) is 3.00. The summed E-state index contributed by atoms with van der Waals surface area (Å²) in [7, 11) is 0. The first kappa shape index (κ1) is 16.1. The first-order valence-corrected chi connectivity index (χ1v) is 8.07. The van der Waals surface area contributed by atoms with Crippen LogP contribution in [0.15, 0.2) is 22.7 Å². The van der Waals surface area contributed by atoms with Gasteiger partial charge in [-0.25, -0.2) is 4.98 Å². The van der Waals surface area contributed by atoms with E-state index < -0.39 is 0 Å². The van der Waals surface area contributed by atoms with Crippen molar-refractivity contribution in [3.05, 3.63) is 34.1 Å². The fourth-order valence-corrected chi connectivity index (χ4v) is 2.79. The number of rotatable bonds is 2. The van der Waals surface area contributed by atoms with E-state index in [-0.39, 0.29) is 5.54 Å². The Kier molecular flexibility index (Phi) is 4.20. The highest BCUT2D eigenvalue weighted by Crippen LogP contribution is 2.35. The Morgan fingerprint density at radius 3 is 2.29 bits per heavy atom. The topological polar surface area (TPSA) is 43.8 Å². The highest BCUT2D eigenvalue weighted by Gasteiger charge is 2.26. The van der Waals surface area contributed by atoms with Crippen molar-refractivity contribution in [1.82, 2.24) is 9.55 Å². The molecule has 0 radical (unpaired) electrons. The number of anilines is 1. The largest absolute Gasteiger partial charge is 0.383 e. The number of hydrogen-bond acceptors (Lipinski definition) is 2. The highest BCUT2D eigenvalue weighted by molar-refractivity contribution is 9.10. The fourth-order valence-electron chi connectivity index (χ4n) is 2.55. The van der Waals surface area contributed by atoms with Crippen LogP contribution in [0.1, 0.15) is 51.9 Å². The van der Waals surface area contributed by atoms with Gasteiger partial charge in [-0.1, -0.05) is 35.8 Å². The third-order valence-electron chi connectivity index (χ3n) is 3.56. The van der Waals surface area contributed by atoms with Gasteiger partial charge in [0.05, 0.1) is 0 Å². The van der Waals surface area contributed by atoms with Crippen molar-refractivity contribution in [2.24, 2.45) is 0 Å². The number of aromatic nitrogens is 2. The van der Waals surface area contributed by atoms with Crippen LogP contribution in [0.3, 0.4) is 0 Å². The molecule has 1 heterocycles. The van der Waals surface area contributed by atoms with E-state index in [1.807, 2.05) is 0 Å². The van der Waals surface area contributed by atoms with Crippen molar-refractivity contribution in [3.63, 3.8) is 0 Å². The quantitative estimate of drug-likeness (QED) is 0.821. The molecule has 1 aromatic carbocycles. The van der Waals surface area contributed by atoms with Gasteiger partial charge in [0.1, 0.15) is 17.3 Å². The van der Waals surface area contributed by atoms with Crippen LogP contribution in [0.2, 0.25) is 0 Å². The molecular formula is C17H24BrN3. The van der Waals surface area contributed by atoms with Gasteiger partial charge in [-0.05, 0) is 45.4 Å². The first-order valence-electron chi connectivity index (χ1n) is 7.28. The normalized spacial score (nSPS) is 12.2. The number of hydrogen-bond donors (Lipinski definition) is 1. The minimum atomic E-state index is -0.0840. The zero-order valence-corrected chi connectivity index (χ0v) is 15.2. The van der Waals surface area contributed by atoms with Gasteiger partial charge in [0.2, 0.25) is 0 Å². The lowest BCUT2D eigenvalue weighted by atomic mass is 10.1. The number of imidazole rings is 1. The van der Waals surface area contributed by atoms with E-state index in [9.17, 15) is 0 Å². The molecule has 2 N–H and O–H groups in total. The standard InChI is InChI=1S/C17H24BrN3/c1-10(2)16-20-14(15(19)21(16)17(4,5)6)12-7-8-13(18)11(3)9-12/h7-10H,19H2,1-6H3. The summed E-state index contributed by atoms with van der Waals surface area (Å²) in [4.78, 5) is 4.84. The lowest BCUT2D eigenvalue weighted by Crippen LogP contribution is -2.26. The molecule has 0 amide bonds. The summed E-state index contributed by atoms with van der Waals surface area (Å²) in [5.74, 6) is 2.11. The minimum absolute atomic E-state index is 0.0840. The Hall–Kier alpha value is -1.29. The van der Waals surface area contributed by atoms with E-state index in [1.54, 1.807) is 0 Å². The number of aryl methyl sites for hydroxylation is 1. The first-order chi connectivity index (χ1) is 9.62. The maximum atomic E-state index is 6.44.